The number of aryl methyl sites for hydroxylation is 1. The number of carbonyl (C=O) groups is 2. The minimum absolute atomic E-state index is 0.0672. The number of carbonyl (C=O) groups excluding carboxylic acids is 1. The Morgan fingerprint density at radius 1 is 1.36 bits per heavy atom. The average Bonchev–Trinajstić information content (AvgIpc) is 3.04. The fourth-order valence-corrected chi connectivity index (χ4v) is 2.94. The zero-order valence-electron chi connectivity index (χ0n) is 11.6. The standard InChI is InChI=1S/C14H12N4O3S/c1-8-2-3-9-11(6-8)22-14(15-9)16-12(19)7-18-5-4-10(17-18)13(20)21/h2-6H,7H2,1H3,(H,20,21)(H,15,16,19). The van der Waals surface area contributed by atoms with Crippen LogP contribution in [0.15, 0.2) is 30.5 Å². The van der Waals surface area contributed by atoms with Gasteiger partial charge in [-0.25, -0.2) is 9.78 Å². The Hall–Kier alpha value is -2.74. The predicted molar refractivity (Wildman–Crippen MR) is 82.2 cm³/mol. The Morgan fingerprint density at radius 3 is 2.91 bits per heavy atom. The summed E-state index contributed by atoms with van der Waals surface area (Å²) in [5.74, 6) is -1.43. The Bertz CT molecular complexity index is 868. The highest BCUT2D eigenvalue weighted by atomic mass is 32.1. The quantitative estimate of drug-likeness (QED) is 0.768. The van der Waals surface area contributed by atoms with E-state index in [9.17, 15) is 9.59 Å². The maximum atomic E-state index is 12.0. The van der Waals surface area contributed by atoms with Gasteiger partial charge in [-0.1, -0.05) is 17.4 Å². The summed E-state index contributed by atoms with van der Waals surface area (Å²) in [5, 5.41) is 15.8. The minimum Gasteiger partial charge on any atom is -0.476 e. The molecule has 2 N–H and O–H groups in total. The molecule has 8 heteroatoms. The first kappa shape index (κ1) is 14.2. The Labute approximate surface area is 129 Å². The highest BCUT2D eigenvalue weighted by Gasteiger charge is 2.11. The lowest BCUT2D eigenvalue weighted by atomic mass is 10.2. The fourth-order valence-electron chi connectivity index (χ4n) is 1.96. The lowest BCUT2D eigenvalue weighted by molar-refractivity contribution is -0.116. The molecule has 0 spiro atoms. The molecule has 0 fully saturated rings. The van der Waals surface area contributed by atoms with Gasteiger partial charge in [0.2, 0.25) is 5.91 Å². The van der Waals surface area contributed by atoms with Crippen molar-refractivity contribution in [3.05, 3.63) is 41.7 Å². The van der Waals surface area contributed by atoms with Crippen LogP contribution in [-0.4, -0.2) is 31.7 Å². The van der Waals surface area contributed by atoms with Gasteiger partial charge >= 0.3 is 5.97 Å². The van der Waals surface area contributed by atoms with E-state index in [4.69, 9.17) is 5.11 Å². The van der Waals surface area contributed by atoms with Gasteiger partial charge in [-0.05, 0) is 30.7 Å². The number of rotatable bonds is 4. The van der Waals surface area contributed by atoms with Crippen LogP contribution < -0.4 is 5.32 Å². The molecular formula is C14H12N4O3S. The van der Waals surface area contributed by atoms with E-state index in [1.807, 2.05) is 25.1 Å². The van der Waals surface area contributed by atoms with Gasteiger partial charge in [-0.3, -0.25) is 9.48 Å². The maximum absolute atomic E-state index is 12.0. The van der Waals surface area contributed by atoms with Gasteiger partial charge in [0.05, 0.1) is 10.2 Å². The number of carboxylic acid groups (broad SMARTS) is 1. The van der Waals surface area contributed by atoms with Crippen LogP contribution in [0.3, 0.4) is 0 Å². The lowest BCUT2D eigenvalue weighted by Crippen LogP contribution is -2.19. The molecule has 3 aromatic rings. The van der Waals surface area contributed by atoms with E-state index in [-0.39, 0.29) is 18.1 Å². The number of carboxylic acids is 1. The van der Waals surface area contributed by atoms with Crippen molar-refractivity contribution in [1.29, 1.82) is 0 Å². The molecule has 112 valence electrons. The van der Waals surface area contributed by atoms with E-state index in [1.54, 1.807) is 0 Å². The molecule has 0 saturated heterocycles. The molecule has 1 amide bonds. The molecule has 0 unspecified atom stereocenters. The summed E-state index contributed by atoms with van der Waals surface area (Å²) in [6.45, 7) is 1.93. The number of thiazole rings is 1. The third-order valence-corrected chi connectivity index (χ3v) is 3.89. The van der Waals surface area contributed by atoms with E-state index in [1.165, 1.54) is 28.3 Å². The number of aromatic carboxylic acids is 1. The molecule has 0 atom stereocenters. The molecule has 0 bridgehead atoms. The van der Waals surface area contributed by atoms with Gasteiger partial charge in [0.15, 0.2) is 10.8 Å². The normalized spacial score (nSPS) is 10.8. The molecule has 3 rings (SSSR count). The van der Waals surface area contributed by atoms with E-state index in [0.717, 1.165) is 15.8 Å². The minimum atomic E-state index is -1.12. The van der Waals surface area contributed by atoms with Crippen LogP contribution in [-0.2, 0) is 11.3 Å². The molecule has 0 aliphatic rings. The van der Waals surface area contributed by atoms with Crippen molar-refractivity contribution in [2.24, 2.45) is 0 Å². The van der Waals surface area contributed by atoms with Crippen LogP contribution in [0.2, 0.25) is 0 Å². The van der Waals surface area contributed by atoms with Gasteiger partial charge < -0.3 is 10.4 Å². The summed E-state index contributed by atoms with van der Waals surface area (Å²) in [7, 11) is 0. The molecule has 1 aromatic carbocycles. The van der Waals surface area contributed by atoms with E-state index in [2.05, 4.69) is 15.4 Å². The number of aromatic nitrogens is 3. The largest absolute Gasteiger partial charge is 0.476 e. The molecule has 22 heavy (non-hydrogen) atoms. The highest BCUT2D eigenvalue weighted by molar-refractivity contribution is 7.22. The molecule has 0 aliphatic heterocycles. The molecule has 0 saturated carbocycles. The summed E-state index contributed by atoms with van der Waals surface area (Å²) in [5.41, 5.74) is 1.87. The number of benzene rings is 1. The topological polar surface area (TPSA) is 97.1 Å². The fraction of sp³-hybridized carbons (Fsp3) is 0.143. The second-order valence-electron chi connectivity index (χ2n) is 4.74. The van der Waals surface area contributed by atoms with Crippen molar-refractivity contribution in [2.75, 3.05) is 5.32 Å². The number of nitrogens with zero attached hydrogens (tertiary/aromatic N) is 3. The molecule has 0 aliphatic carbocycles. The van der Waals surface area contributed by atoms with Crippen LogP contribution in [0.25, 0.3) is 10.2 Å². The monoisotopic (exact) mass is 316 g/mol. The first-order valence-corrected chi connectivity index (χ1v) is 7.27. The van der Waals surface area contributed by atoms with Crippen LogP contribution in [0, 0.1) is 6.92 Å². The van der Waals surface area contributed by atoms with Gasteiger partial charge in [-0.2, -0.15) is 5.10 Å². The van der Waals surface area contributed by atoms with E-state index < -0.39 is 5.97 Å². The summed E-state index contributed by atoms with van der Waals surface area (Å²) < 4.78 is 2.28. The number of anilines is 1. The van der Waals surface area contributed by atoms with Gasteiger partial charge in [0.1, 0.15) is 6.54 Å². The zero-order valence-corrected chi connectivity index (χ0v) is 12.4. The van der Waals surface area contributed by atoms with Gasteiger partial charge in [0, 0.05) is 6.20 Å². The average molecular weight is 316 g/mol. The number of fused-ring (bicyclic) bond motifs is 1. The molecule has 2 heterocycles. The third kappa shape index (κ3) is 2.96. The smallest absolute Gasteiger partial charge is 0.356 e. The highest BCUT2D eigenvalue weighted by Crippen LogP contribution is 2.26. The molecule has 0 radical (unpaired) electrons. The summed E-state index contributed by atoms with van der Waals surface area (Å²) in [6.07, 6.45) is 1.45. The van der Waals surface area contributed by atoms with Crippen molar-refractivity contribution in [3.63, 3.8) is 0 Å². The number of amides is 1. The van der Waals surface area contributed by atoms with Crippen LogP contribution in [0.4, 0.5) is 5.13 Å². The summed E-state index contributed by atoms with van der Waals surface area (Å²) in [6, 6.07) is 7.22. The van der Waals surface area contributed by atoms with Crippen LogP contribution >= 0.6 is 11.3 Å². The number of nitrogens with one attached hydrogen (secondary N) is 1. The Morgan fingerprint density at radius 2 is 2.18 bits per heavy atom. The van der Waals surface area contributed by atoms with Crippen LogP contribution in [0.1, 0.15) is 16.1 Å². The predicted octanol–water partition coefficient (Wildman–Crippen LogP) is 2.14. The first-order valence-electron chi connectivity index (χ1n) is 6.45. The van der Waals surface area contributed by atoms with Crippen molar-refractivity contribution >= 4 is 38.6 Å². The van der Waals surface area contributed by atoms with Crippen molar-refractivity contribution in [2.45, 2.75) is 13.5 Å². The molecular weight excluding hydrogens is 304 g/mol. The van der Waals surface area contributed by atoms with Crippen molar-refractivity contribution in [1.82, 2.24) is 14.8 Å². The Balaban J connectivity index is 1.70. The summed E-state index contributed by atoms with van der Waals surface area (Å²) >= 11 is 1.39. The van der Waals surface area contributed by atoms with Crippen LogP contribution in [0.5, 0.6) is 0 Å². The maximum Gasteiger partial charge on any atom is 0.356 e. The van der Waals surface area contributed by atoms with Crippen molar-refractivity contribution in [3.8, 4) is 0 Å². The van der Waals surface area contributed by atoms with E-state index in [0.29, 0.717) is 5.13 Å². The van der Waals surface area contributed by atoms with Crippen molar-refractivity contribution < 1.29 is 14.7 Å². The SMILES string of the molecule is Cc1ccc2nc(NC(=O)Cn3ccc(C(=O)O)n3)sc2c1. The van der Waals surface area contributed by atoms with Gasteiger partial charge in [0.25, 0.3) is 0 Å². The number of hydrogen-bond donors (Lipinski definition) is 2. The second-order valence-corrected chi connectivity index (χ2v) is 5.77. The number of hydrogen-bond acceptors (Lipinski definition) is 5. The Kier molecular flexibility index (Phi) is 3.60. The molecule has 2 aromatic heterocycles. The second kappa shape index (κ2) is 5.57. The molecule has 7 nitrogen and oxygen atoms in total. The summed E-state index contributed by atoms with van der Waals surface area (Å²) in [4.78, 5) is 27.0. The lowest BCUT2D eigenvalue weighted by Gasteiger charge is -2.01. The first-order chi connectivity index (χ1) is 10.5. The zero-order chi connectivity index (χ0) is 15.7. The van der Waals surface area contributed by atoms with Gasteiger partial charge in [-0.15, -0.1) is 0 Å². The third-order valence-electron chi connectivity index (χ3n) is 2.96. The van der Waals surface area contributed by atoms with E-state index >= 15 is 0 Å².